The van der Waals surface area contributed by atoms with Crippen molar-refractivity contribution in [3.63, 3.8) is 0 Å². The van der Waals surface area contributed by atoms with Gasteiger partial charge in [-0.1, -0.05) is 30.3 Å². The number of nitrogens with one attached hydrogen (secondary N) is 1. The first-order chi connectivity index (χ1) is 13.6. The molecule has 6 nitrogen and oxygen atoms in total. The van der Waals surface area contributed by atoms with Gasteiger partial charge in [0.25, 0.3) is 11.8 Å². The normalized spacial score (nSPS) is 10.0. The number of amides is 2. The van der Waals surface area contributed by atoms with Gasteiger partial charge in [0.05, 0.1) is 11.6 Å². The van der Waals surface area contributed by atoms with E-state index < -0.39 is 0 Å². The molecule has 6 heteroatoms. The SMILES string of the molecule is CN(Cc1ccccc1)C(=O)c1cc(C(=O)Nc2ccc(C#N)cc2)ccn1. The molecule has 0 aliphatic heterocycles. The molecule has 2 amide bonds. The molecule has 0 unspecified atom stereocenters. The van der Waals surface area contributed by atoms with Gasteiger partial charge < -0.3 is 10.2 Å². The highest BCUT2D eigenvalue weighted by Crippen LogP contribution is 2.13. The summed E-state index contributed by atoms with van der Waals surface area (Å²) in [5.41, 5.74) is 2.61. The molecule has 0 spiro atoms. The molecule has 28 heavy (non-hydrogen) atoms. The molecular formula is C22H18N4O2. The number of nitriles is 1. The van der Waals surface area contributed by atoms with Gasteiger partial charge in [-0.05, 0) is 42.0 Å². The molecule has 0 radical (unpaired) electrons. The molecule has 138 valence electrons. The van der Waals surface area contributed by atoms with Gasteiger partial charge in [-0.2, -0.15) is 5.26 Å². The van der Waals surface area contributed by atoms with E-state index in [0.29, 0.717) is 23.4 Å². The maximum Gasteiger partial charge on any atom is 0.272 e. The molecule has 0 bridgehead atoms. The number of pyridine rings is 1. The number of nitrogens with zero attached hydrogens (tertiary/aromatic N) is 3. The summed E-state index contributed by atoms with van der Waals surface area (Å²) < 4.78 is 0. The summed E-state index contributed by atoms with van der Waals surface area (Å²) in [6, 6.07) is 21.2. The fraction of sp³-hybridized carbons (Fsp3) is 0.0909. The maximum absolute atomic E-state index is 12.7. The van der Waals surface area contributed by atoms with E-state index in [2.05, 4.69) is 10.3 Å². The zero-order chi connectivity index (χ0) is 19.9. The van der Waals surface area contributed by atoms with Gasteiger partial charge in [0.2, 0.25) is 0 Å². The third kappa shape index (κ3) is 4.59. The standard InChI is InChI=1S/C22H18N4O2/c1-26(15-17-5-3-2-4-6-17)22(28)20-13-18(11-12-24-20)21(27)25-19-9-7-16(14-23)8-10-19/h2-13H,15H2,1H3,(H,25,27). The Morgan fingerprint density at radius 1 is 1.07 bits per heavy atom. The van der Waals surface area contributed by atoms with Crippen molar-refractivity contribution in [1.29, 1.82) is 5.26 Å². The molecule has 1 aromatic heterocycles. The highest BCUT2D eigenvalue weighted by Gasteiger charge is 2.16. The van der Waals surface area contributed by atoms with Crippen LogP contribution in [0.2, 0.25) is 0 Å². The average Bonchev–Trinajstić information content (AvgIpc) is 2.74. The molecule has 0 atom stereocenters. The van der Waals surface area contributed by atoms with Crippen molar-refractivity contribution in [3.8, 4) is 6.07 Å². The van der Waals surface area contributed by atoms with Crippen molar-refractivity contribution in [3.05, 3.63) is 95.3 Å². The quantitative estimate of drug-likeness (QED) is 0.745. The lowest BCUT2D eigenvalue weighted by atomic mass is 10.1. The fourth-order valence-electron chi connectivity index (χ4n) is 2.64. The van der Waals surface area contributed by atoms with Crippen molar-refractivity contribution in [2.75, 3.05) is 12.4 Å². The number of rotatable bonds is 5. The van der Waals surface area contributed by atoms with E-state index in [9.17, 15) is 9.59 Å². The number of aromatic nitrogens is 1. The Labute approximate surface area is 163 Å². The van der Waals surface area contributed by atoms with E-state index in [-0.39, 0.29) is 17.5 Å². The van der Waals surface area contributed by atoms with Crippen molar-refractivity contribution in [2.24, 2.45) is 0 Å². The minimum Gasteiger partial charge on any atom is -0.336 e. The van der Waals surface area contributed by atoms with Crippen LogP contribution >= 0.6 is 0 Å². The Kier molecular flexibility index (Phi) is 5.78. The van der Waals surface area contributed by atoms with Crippen LogP contribution in [-0.2, 0) is 6.54 Å². The summed E-state index contributed by atoms with van der Waals surface area (Å²) >= 11 is 0. The highest BCUT2D eigenvalue weighted by atomic mass is 16.2. The maximum atomic E-state index is 12.7. The van der Waals surface area contributed by atoms with Gasteiger partial charge in [0, 0.05) is 31.0 Å². The van der Waals surface area contributed by atoms with Crippen LogP contribution < -0.4 is 5.32 Å². The molecule has 0 aliphatic rings. The van der Waals surface area contributed by atoms with Gasteiger partial charge in [-0.3, -0.25) is 14.6 Å². The average molecular weight is 370 g/mol. The number of carbonyl (C=O) groups is 2. The number of benzene rings is 2. The summed E-state index contributed by atoms with van der Waals surface area (Å²) in [5, 5.41) is 11.6. The molecule has 0 saturated carbocycles. The first-order valence-corrected chi connectivity index (χ1v) is 8.64. The Hall–Kier alpha value is -3.98. The molecular weight excluding hydrogens is 352 g/mol. The lowest BCUT2D eigenvalue weighted by Crippen LogP contribution is -2.27. The monoisotopic (exact) mass is 370 g/mol. The molecule has 0 aliphatic carbocycles. The van der Waals surface area contributed by atoms with Gasteiger partial charge in [0.1, 0.15) is 5.69 Å². The lowest BCUT2D eigenvalue weighted by molar-refractivity contribution is 0.0779. The van der Waals surface area contributed by atoms with Crippen LogP contribution in [0.5, 0.6) is 0 Å². The van der Waals surface area contributed by atoms with E-state index in [4.69, 9.17) is 5.26 Å². The summed E-state index contributed by atoms with van der Waals surface area (Å²) in [7, 11) is 1.69. The third-order valence-corrected chi connectivity index (χ3v) is 4.12. The van der Waals surface area contributed by atoms with Crippen molar-refractivity contribution < 1.29 is 9.59 Å². The number of hydrogen-bond acceptors (Lipinski definition) is 4. The van der Waals surface area contributed by atoms with Crippen LogP contribution in [-0.4, -0.2) is 28.7 Å². The van der Waals surface area contributed by atoms with Crippen LogP contribution in [0.25, 0.3) is 0 Å². The van der Waals surface area contributed by atoms with Crippen LogP contribution in [0, 0.1) is 11.3 Å². The van der Waals surface area contributed by atoms with Crippen LogP contribution in [0.4, 0.5) is 5.69 Å². The van der Waals surface area contributed by atoms with Crippen molar-refractivity contribution >= 4 is 17.5 Å². The van der Waals surface area contributed by atoms with Gasteiger partial charge >= 0.3 is 0 Å². The molecule has 1 N–H and O–H groups in total. The fourth-order valence-corrected chi connectivity index (χ4v) is 2.64. The minimum atomic E-state index is -0.355. The smallest absolute Gasteiger partial charge is 0.272 e. The Bertz CT molecular complexity index is 1020. The number of hydrogen-bond donors (Lipinski definition) is 1. The van der Waals surface area contributed by atoms with Crippen molar-refractivity contribution in [2.45, 2.75) is 6.54 Å². The Morgan fingerprint density at radius 2 is 1.79 bits per heavy atom. The summed E-state index contributed by atoms with van der Waals surface area (Å²) in [4.78, 5) is 30.8. The van der Waals surface area contributed by atoms with Gasteiger partial charge in [-0.25, -0.2) is 0 Å². The van der Waals surface area contributed by atoms with Crippen LogP contribution in [0.3, 0.4) is 0 Å². The van der Waals surface area contributed by atoms with E-state index in [1.807, 2.05) is 36.4 Å². The van der Waals surface area contributed by atoms with E-state index in [1.54, 1.807) is 42.3 Å². The predicted octanol–water partition coefficient (Wildman–Crippen LogP) is 3.48. The molecule has 3 rings (SSSR count). The number of anilines is 1. The summed E-state index contributed by atoms with van der Waals surface area (Å²) in [5.74, 6) is -0.622. The van der Waals surface area contributed by atoms with Crippen molar-refractivity contribution in [1.82, 2.24) is 9.88 Å². The van der Waals surface area contributed by atoms with E-state index >= 15 is 0 Å². The van der Waals surface area contributed by atoms with E-state index in [0.717, 1.165) is 5.56 Å². The minimum absolute atomic E-state index is 0.200. The van der Waals surface area contributed by atoms with Gasteiger partial charge in [-0.15, -0.1) is 0 Å². The molecule has 3 aromatic rings. The second-order valence-corrected chi connectivity index (χ2v) is 6.22. The van der Waals surface area contributed by atoms with E-state index in [1.165, 1.54) is 12.3 Å². The third-order valence-electron chi connectivity index (χ3n) is 4.12. The summed E-state index contributed by atoms with van der Waals surface area (Å²) in [6.45, 7) is 0.447. The lowest BCUT2D eigenvalue weighted by Gasteiger charge is -2.17. The zero-order valence-corrected chi connectivity index (χ0v) is 15.3. The zero-order valence-electron chi connectivity index (χ0n) is 15.3. The molecule has 0 saturated heterocycles. The first-order valence-electron chi connectivity index (χ1n) is 8.64. The molecule has 2 aromatic carbocycles. The highest BCUT2D eigenvalue weighted by molar-refractivity contribution is 6.05. The second-order valence-electron chi connectivity index (χ2n) is 6.22. The van der Waals surface area contributed by atoms with Gasteiger partial charge in [0.15, 0.2) is 0 Å². The molecule has 1 heterocycles. The summed E-state index contributed by atoms with van der Waals surface area (Å²) in [6.07, 6.45) is 1.44. The number of carbonyl (C=O) groups excluding carboxylic acids is 2. The Balaban J connectivity index is 1.70. The topological polar surface area (TPSA) is 86.1 Å². The first kappa shape index (κ1) is 18.8. The van der Waals surface area contributed by atoms with Crippen LogP contribution in [0.1, 0.15) is 32.0 Å². The Morgan fingerprint density at radius 3 is 2.46 bits per heavy atom. The second kappa shape index (κ2) is 8.60. The van der Waals surface area contributed by atoms with Crippen LogP contribution in [0.15, 0.2) is 72.9 Å². The molecule has 0 fully saturated rings. The predicted molar refractivity (Wildman–Crippen MR) is 106 cm³/mol. The largest absolute Gasteiger partial charge is 0.336 e.